The van der Waals surface area contributed by atoms with Crippen molar-refractivity contribution in [1.29, 1.82) is 0 Å². The molecule has 0 radical (unpaired) electrons. The molecule has 2 amide bonds. The molecule has 1 aliphatic rings. The van der Waals surface area contributed by atoms with Gasteiger partial charge in [-0.05, 0) is 17.7 Å². The zero-order chi connectivity index (χ0) is 19.6. The van der Waals surface area contributed by atoms with E-state index in [2.05, 4.69) is 10.3 Å². The summed E-state index contributed by atoms with van der Waals surface area (Å²) in [7, 11) is -3.94. The first-order valence-electron chi connectivity index (χ1n) is 8.32. The number of aromatic nitrogens is 1. The van der Waals surface area contributed by atoms with Crippen LogP contribution in [0.4, 0.5) is 0 Å². The second-order valence-corrected chi connectivity index (χ2v) is 8.03. The standard InChI is InChI=1S/C16H21N5O5S/c17-13(22)9-19-8-10-1-2-12-11(7-10)15(14(20-12)16(18)23)27(24,25)21-3-5-26-6-4-21/h1-2,7,19-20H,3-6,8-9H2,(H2,17,22)(H2,18,23). The van der Waals surface area contributed by atoms with E-state index >= 15 is 0 Å². The van der Waals surface area contributed by atoms with Crippen LogP contribution in [-0.4, -0.2) is 62.4 Å². The van der Waals surface area contributed by atoms with Gasteiger partial charge in [0.25, 0.3) is 5.91 Å². The Morgan fingerprint density at radius 1 is 1.22 bits per heavy atom. The Balaban J connectivity index is 2.06. The highest BCUT2D eigenvalue weighted by Crippen LogP contribution is 2.30. The lowest BCUT2D eigenvalue weighted by molar-refractivity contribution is -0.117. The fraction of sp³-hybridized carbons (Fsp3) is 0.375. The van der Waals surface area contributed by atoms with E-state index in [0.717, 1.165) is 5.56 Å². The van der Waals surface area contributed by atoms with Gasteiger partial charge in [-0.25, -0.2) is 8.42 Å². The number of nitrogens with zero attached hydrogens (tertiary/aromatic N) is 1. The maximum atomic E-state index is 13.2. The summed E-state index contributed by atoms with van der Waals surface area (Å²) < 4.78 is 32.8. The Bertz CT molecular complexity index is 978. The molecular formula is C16H21N5O5S. The molecule has 0 unspecified atom stereocenters. The molecule has 1 saturated heterocycles. The van der Waals surface area contributed by atoms with Gasteiger partial charge in [-0.2, -0.15) is 4.31 Å². The van der Waals surface area contributed by atoms with Gasteiger partial charge < -0.3 is 26.5 Å². The van der Waals surface area contributed by atoms with E-state index in [4.69, 9.17) is 16.2 Å². The molecule has 10 nitrogen and oxygen atoms in total. The molecule has 1 fully saturated rings. The van der Waals surface area contributed by atoms with Crippen molar-refractivity contribution in [3.63, 3.8) is 0 Å². The fourth-order valence-electron chi connectivity index (χ4n) is 3.01. The van der Waals surface area contributed by atoms with Crippen molar-refractivity contribution in [2.24, 2.45) is 11.5 Å². The van der Waals surface area contributed by atoms with Gasteiger partial charge in [0.15, 0.2) is 0 Å². The first-order valence-corrected chi connectivity index (χ1v) is 9.76. The Hall–Kier alpha value is -2.47. The maximum absolute atomic E-state index is 13.2. The van der Waals surface area contributed by atoms with Crippen molar-refractivity contribution in [3.8, 4) is 0 Å². The number of carbonyl (C=O) groups is 2. The predicted octanol–water partition coefficient (Wildman–Crippen LogP) is -1.14. The van der Waals surface area contributed by atoms with Gasteiger partial charge in [-0.15, -0.1) is 0 Å². The van der Waals surface area contributed by atoms with E-state index < -0.39 is 21.8 Å². The van der Waals surface area contributed by atoms with Gasteiger partial charge in [0.1, 0.15) is 10.6 Å². The molecule has 3 rings (SSSR count). The molecule has 0 spiro atoms. The Morgan fingerprint density at radius 3 is 2.56 bits per heavy atom. The number of morpholine rings is 1. The molecule has 146 valence electrons. The summed E-state index contributed by atoms with van der Waals surface area (Å²) in [6.45, 7) is 1.29. The average Bonchev–Trinajstić information content (AvgIpc) is 3.02. The van der Waals surface area contributed by atoms with Gasteiger partial charge in [-0.1, -0.05) is 6.07 Å². The lowest BCUT2D eigenvalue weighted by Crippen LogP contribution is -2.41. The number of amides is 2. The number of ether oxygens (including phenoxy) is 1. The van der Waals surface area contributed by atoms with Gasteiger partial charge >= 0.3 is 0 Å². The van der Waals surface area contributed by atoms with Crippen LogP contribution in [0.5, 0.6) is 0 Å². The minimum atomic E-state index is -3.94. The van der Waals surface area contributed by atoms with Gasteiger partial charge in [0.2, 0.25) is 15.9 Å². The number of benzene rings is 1. The summed E-state index contributed by atoms with van der Waals surface area (Å²) in [5, 5.41) is 3.23. The number of sulfonamides is 1. The maximum Gasteiger partial charge on any atom is 0.266 e. The molecule has 6 N–H and O–H groups in total. The minimum absolute atomic E-state index is 0.00333. The molecule has 1 aromatic carbocycles. The number of H-pyrrole nitrogens is 1. The number of hydrogen-bond donors (Lipinski definition) is 4. The number of fused-ring (bicyclic) bond motifs is 1. The van der Waals surface area contributed by atoms with Crippen molar-refractivity contribution in [2.45, 2.75) is 11.4 Å². The number of nitrogens with two attached hydrogens (primary N) is 2. The third kappa shape index (κ3) is 3.95. The molecule has 1 aromatic heterocycles. The van der Waals surface area contributed by atoms with Gasteiger partial charge in [0, 0.05) is 30.5 Å². The lowest BCUT2D eigenvalue weighted by Gasteiger charge is -2.26. The van der Waals surface area contributed by atoms with Crippen LogP contribution in [0.2, 0.25) is 0 Å². The van der Waals surface area contributed by atoms with E-state index in [0.29, 0.717) is 17.4 Å². The van der Waals surface area contributed by atoms with Crippen molar-refractivity contribution < 1.29 is 22.7 Å². The monoisotopic (exact) mass is 395 g/mol. The number of carbonyl (C=O) groups excluding carboxylic acids is 2. The van der Waals surface area contributed by atoms with E-state index in [9.17, 15) is 18.0 Å². The predicted molar refractivity (Wildman–Crippen MR) is 97.3 cm³/mol. The number of rotatable bonds is 7. The van der Waals surface area contributed by atoms with E-state index in [1.54, 1.807) is 18.2 Å². The molecule has 0 saturated carbocycles. The molecule has 1 aliphatic heterocycles. The number of hydrogen-bond acceptors (Lipinski definition) is 6. The van der Waals surface area contributed by atoms with Crippen LogP contribution in [0.3, 0.4) is 0 Å². The molecule has 2 aromatic rings. The molecule has 27 heavy (non-hydrogen) atoms. The highest BCUT2D eigenvalue weighted by atomic mass is 32.2. The van der Waals surface area contributed by atoms with E-state index in [-0.39, 0.29) is 43.4 Å². The third-order valence-electron chi connectivity index (χ3n) is 4.26. The lowest BCUT2D eigenvalue weighted by atomic mass is 10.1. The smallest absolute Gasteiger partial charge is 0.266 e. The Morgan fingerprint density at radius 2 is 1.93 bits per heavy atom. The van der Waals surface area contributed by atoms with Crippen molar-refractivity contribution in [3.05, 3.63) is 29.5 Å². The zero-order valence-electron chi connectivity index (χ0n) is 14.5. The molecule has 0 bridgehead atoms. The molecule has 0 aliphatic carbocycles. The highest BCUT2D eigenvalue weighted by molar-refractivity contribution is 7.89. The first kappa shape index (κ1) is 19.3. The van der Waals surface area contributed by atoms with Crippen LogP contribution in [0.1, 0.15) is 16.1 Å². The zero-order valence-corrected chi connectivity index (χ0v) is 15.3. The second kappa shape index (κ2) is 7.64. The summed E-state index contributed by atoms with van der Waals surface area (Å²) in [5.41, 5.74) is 11.6. The van der Waals surface area contributed by atoms with E-state index in [1.165, 1.54) is 4.31 Å². The first-order chi connectivity index (χ1) is 12.8. The third-order valence-corrected chi connectivity index (χ3v) is 6.24. The molecule has 2 heterocycles. The summed E-state index contributed by atoms with van der Waals surface area (Å²) in [5.74, 6) is -1.35. The highest BCUT2D eigenvalue weighted by Gasteiger charge is 2.33. The second-order valence-electron chi connectivity index (χ2n) is 6.16. The van der Waals surface area contributed by atoms with Crippen molar-refractivity contribution >= 4 is 32.7 Å². The van der Waals surface area contributed by atoms with Crippen LogP contribution in [0, 0.1) is 0 Å². The quantitative estimate of drug-likeness (QED) is 0.463. The SMILES string of the molecule is NC(=O)CNCc1ccc2[nH]c(C(N)=O)c(S(=O)(=O)N3CCOCC3)c2c1. The molecule has 11 heteroatoms. The van der Waals surface area contributed by atoms with Crippen LogP contribution < -0.4 is 16.8 Å². The number of aromatic amines is 1. The fourth-order valence-corrected chi connectivity index (χ4v) is 4.76. The minimum Gasteiger partial charge on any atom is -0.379 e. The number of primary amides is 2. The molecule has 0 atom stereocenters. The van der Waals surface area contributed by atoms with Crippen molar-refractivity contribution in [2.75, 3.05) is 32.8 Å². The van der Waals surface area contributed by atoms with Crippen LogP contribution >= 0.6 is 0 Å². The van der Waals surface area contributed by atoms with E-state index in [1.807, 2.05) is 0 Å². The summed E-state index contributed by atoms with van der Waals surface area (Å²) >= 11 is 0. The van der Waals surface area contributed by atoms with Crippen LogP contribution in [0.25, 0.3) is 10.9 Å². The average molecular weight is 395 g/mol. The van der Waals surface area contributed by atoms with Crippen LogP contribution in [-0.2, 0) is 26.1 Å². The topological polar surface area (TPSA) is 161 Å². The normalized spacial score (nSPS) is 15.9. The largest absolute Gasteiger partial charge is 0.379 e. The Kier molecular flexibility index (Phi) is 5.46. The Labute approximate surface area is 155 Å². The summed E-state index contributed by atoms with van der Waals surface area (Å²) in [6.07, 6.45) is 0. The summed E-state index contributed by atoms with van der Waals surface area (Å²) in [6, 6.07) is 5.07. The summed E-state index contributed by atoms with van der Waals surface area (Å²) in [4.78, 5) is 25.4. The molecular weight excluding hydrogens is 374 g/mol. The van der Waals surface area contributed by atoms with Crippen molar-refractivity contribution in [1.82, 2.24) is 14.6 Å². The van der Waals surface area contributed by atoms with Gasteiger partial charge in [0.05, 0.1) is 19.8 Å². The van der Waals surface area contributed by atoms with Crippen LogP contribution in [0.15, 0.2) is 23.1 Å². The number of nitrogens with one attached hydrogen (secondary N) is 2. The van der Waals surface area contributed by atoms with Gasteiger partial charge in [-0.3, -0.25) is 9.59 Å².